The Morgan fingerprint density at radius 3 is 2.59 bits per heavy atom. The number of fused-ring (bicyclic) bond motifs is 1. The van der Waals surface area contributed by atoms with E-state index in [4.69, 9.17) is 9.47 Å². The number of rotatable bonds is 10. The van der Waals surface area contributed by atoms with Gasteiger partial charge in [-0.25, -0.2) is 0 Å². The molecule has 0 saturated heterocycles. The van der Waals surface area contributed by atoms with Gasteiger partial charge in [0.15, 0.2) is 22.4 Å². The monoisotopic (exact) mass is 520 g/mol. The van der Waals surface area contributed by atoms with Crippen molar-refractivity contribution in [2.75, 3.05) is 19.1 Å². The normalized spacial score (nSPS) is 15.1. The van der Waals surface area contributed by atoms with Crippen LogP contribution in [0.1, 0.15) is 73.1 Å². The van der Waals surface area contributed by atoms with Gasteiger partial charge < -0.3 is 14.8 Å². The molecule has 0 atom stereocenters. The van der Waals surface area contributed by atoms with Crippen molar-refractivity contribution >= 4 is 23.5 Å². The fourth-order valence-electron chi connectivity index (χ4n) is 4.94. The zero-order valence-electron chi connectivity index (χ0n) is 21.1. The summed E-state index contributed by atoms with van der Waals surface area (Å²) in [5.41, 5.74) is 2.91. The fraction of sp³-hybridized carbons (Fsp3) is 0.429. The van der Waals surface area contributed by atoms with Gasteiger partial charge in [0.05, 0.1) is 11.4 Å². The van der Waals surface area contributed by atoms with Gasteiger partial charge in [0.1, 0.15) is 5.82 Å². The minimum absolute atomic E-state index is 0.0567. The van der Waals surface area contributed by atoms with Gasteiger partial charge in [-0.15, -0.1) is 10.2 Å². The zero-order valence-corrected chi connectivity index (χ0v) is 21.9. The second-order valence-corrected chi connectivity index (χ2v) is 10.5. The van der Waals surface area contributed by atoms with E-state index in [0.717, 1.165) is 23.5 Å². The van der Waals surface area contributed by atoms with Crippen LogP contribution in [0.2, 0.25) is 0 Å². The number of amides is 1. The van der Waals surface area contributed by atoms with E-state index >= 15 is 0 Å². The molecule has 1 aromatic heterocycles. The summed E-state index contributed by atoms with van der Waals surface area (Å²) < 4.78 is 13.0. The maximum absolute atomic E-state index is 13.0. The highest BCUT2D eigenvalue weighted by molar-refractivity contribution is 7.99. The van der Waals surface area contributed by atoms with E-state index in [1.54, 1.807) is 0 Å². The van der Waals surface area contributed by atoms with Crippen LogP contribution >= 0.6 is 11.8 Å². The van der Waals surface area contributed by atoms with E-state index in [9.17, 15) is 9.59 Å². The molecule has 0 radical (unpaired) electrons. The number of Topliss-reactive ketones (excluding diaryl/α,β-unsaturated/α-hetero) is 1. The average Bonchev–Trinajstić information content (AvgIpc) is 3.56. The van der Waals surface area contributed by atoms with E-state index in [0.29, 0.717) is 35.5 Å². The number of aromatic nitrogens is 3. The second-order valence-electron chi connectivity index (χ2n) is 9.53. The van der Waals surface area contributed by atoms with Crippen molar-refractivity contribution in [2.24, 2.45) is 0 Å². The molecule has 194 valence electrons. The van der Waals surface area contributed by atoms with Gasteiger partial charge in [0.25, 0.3) is 0 Å². The first-order chi connectivity index (χ1) is 18.1. The largest absolute Gasteiger partial charge is 0.454 e. The third kappa shape index (κ3) is 6.15. The number of thioether (sulfide) groups is 1. The van der Waals surface area contributed by atoms with E-state index < -0.39 is 0 Å². The smallest absolute Gasteiger partial charge is 0.231 e. The number of hydrogen-bond donors (Lipinski definition) is 1. The lowest BCUT2D eigenvalue weighted by Crippen LogP contribution is -2.21. The Bertz CT molecular complexity index is 1250. The highest BCUT2D eigenvalue weighted by atomic mass is 32.2. The summed E-state index contributed by atoms with van der Waals surface area (Å²) in [5, 5.41) is 12.3. The number of aryl methyl sites for hydroxylation is 1. The number of ether oxygens (including phenoxy) is 2. The molecule has 2 aliphatic rings. The highest BCUT2D eigenvalue weighted by Crippen LogP contribution is 2.36. The Kier molecular flexibility index (Phi) is 8.08. The van der Waals surface area contributed by atoms with E-state index in [-0.39, 0.29) is 24.2 Å². The summed E-state index contributed by atoms with van der Waals surface area (Å²) in [6.45, 7) is 2.26. The Labute approximate surface area is 221 Å². The van der Waals surface area contributed by atoms with E-state index in [2.05, 4.69) is 27.6 Å². The Morgan fingerprint density at radius 1 is 1.03 bits per heavy atom. The van der Waals surface area contributed by atoms with Crippen LogP contribution in [0.5, 0.6) is 11.5 Å². The molecule has 1 aliphatic carbocycles. The molecule has 2 heterocycles. The van der Waals surface area contributed by atoms with Gasteiger partial charge in [-0.05, 0) is 42.9 Å². The van der Waals surface area contributed by atoms with Crippen LogP contribution in [0.3, 0.4) is 0 Å². The van der Waals surface area contributed by atoms with Gasteiger partial charge in [0, 0.05) is 31.5 Å². The molecular formula is C28H32N4O4S. The third-order valence-electron chi connectivity index (χ3n) is 6.91. The fourth-order valence-corrected chi connectivity index (χ4v) is 5.81. The topological polar surface area (TPSA) is 95.3 Å². The van der Waals surface area contributed by atoms with Crippen LogP contribution < -0.4 is 14.8 Å². The maximum atomic E-state index is 13.0. The second kappa shape index (κ2) is 11.8. The number of carbonyl (C=O) groups is 2. The van der Waals surface area contributed by atoms with Crippen LogP contribution in [0.25, 0.3) is 5.69 Å². The first-order valence-electron chi connectivity index (χ1n) is 12.9. The molecular weight excluding hydrogens is 488 g/mol. The number of ketones is 1. The van der Waals surface area contributed by atoms with Gasteiger partial charge in [-0.2, -0.15) is 0 Å². The quantitative estimate of drug-likeness (QED) is 0.226. The average molecular weight is 521 g/mol. The van der Waals surface area contributed by atoms with Crippen LogP contribution in [0, 0.1) is 0 Å². The molecule has 1 N–H and O–H groups in total. The minimum atomic E-state index is -0.0567. The van der Waals surface area contributed by atoms with Crippen molar-refractivity contribution in [1.82, 2.24) is 20.1 Å². The summed E-state index contributed by atoms with van der Waals surface area (Å²) in [5.74, 6) is 3.02. The first kappa shape index (κ1) is 25.3. The van der Waals surface area contributed by atoms with Gasteiger partial charge >= 0.3 is 0 Å². The molecule has 5 rings (SSSR count). The molecule has 0 unspecified atom stereocenters. The van der Waals surface area contributed by atoms with Crippen molar-refractivity contribution in [3.05, 3.63) is 59.4 Å². The minimum Gasteiger partial charge on any atom is -0.454 e. The lowest BCUT2D eigenvalue weighted by atomic mass is 9.84. The molecule has 37 heavy (non-hydrogen) atoms. The standard InChI is InChI=1S/C28H32N4O4S/c1-19(33)29-15-5-8-27-30-31-28(32(27)23-13-14-25-26(16-23)36-18-35-25)37-17-24(34)22-11-9-21(10-12-22)20-6-3-2-4-7-20/h9-14,16,20H,2-8,15,17-18H2,1H3,(H,29,33). The highest BCUT2D eigenvalue weighted by Gasteiger charge is 2.21. The van der Waals surface area contributed by atoms with Crippen molar-refractivity contribution in [1.29, 1.82) is 0 Å². The predicted molar refractivity (Wildman–Crippen MR) is 142 cm³/mol. The van der Waals surface area contributed by atoms with Crippen molar-refractivity contribution < 1.29 is 19.1 Å². The third-order valence-corrected chi connectivity index (χ3v) is 7.84. The van der Waals surface area contributed by atoms with Gasteiger partial charge in [-0.3, -0.25) is 14.2 Å². The van der Waals surface area contributed by atoms with Gasteiger partial charge in [-0.1, -0.05) is 55.3 Å². The SMILES string of the molecule is CC(=O)NCCCc1nnc(SCC(=O)c2ccc(C3CCCCC3)cc2)n1-c1ccc2c(c1)OCO2. The molecule has 0 spiro atoms. The Morgan fingerprint density at radius 2 is 1.81 bits per heavy atom. The lowest BCUT2D eigenvalue weighted by Gasteiger charge is -2.22. The first-order valence-corrected chi connectivity index (χ1v) is 13.9. The molecule has 2 aromatic carbocycles. The lowest BCUT2D eigenvalue weighted by molar-refractivity contribution is -0.118. The number of nitrogens with zero attached hydrogens (tertiary/aromatic N) is 3. The van der Waals surface area contributed by atoms with Crippen LogP contribution in [-0.4, -0.2) is 45.5 Å². The molecule has 1 saturated carbocycles. The molecule has 0 bridgehead atoms. The van der Waals surface area contributed by atoms with E-state index in [1.165, 1.54) is 56.4 Å². The summed E-state index contributed by atoms with van der Waals surface area (Å²) in [6.07, 6.45) is 7.75. The number of benzene rings is 2. The molecule has 9 heteroatoms. The Hall–Kier alpha value is -3.33. The molecule has 1 aliphatic heterocycles. The van der Waals surface area contributed by atoms with Crippen LogP contribution in [0.15, 0.2) is 47.6 Å². The molecule has 1 fully saturated rings. The Balaban J connectivity index is 1.30. The molecule has 8 nitrogen and oxygen atoms in total. The maximum Gasteiger partial charge on any atom is 0.231 e. The molecule has 1 amide bonds. The zero-order chi connectivity index (χ0) is 25.6. The number of carbonyl (C=O) groups excluding carboxylic acids is 2. The predicted octanol–water partition coefficient (Wildman–Crippen LogP) is 5.09. The van der Waals surface area contributed by atoms with Crippen molar-refractivity contribution in [2.45, 2.75) is 62.9 Å². The summed E-state index contributed by atoms with van der Waals surface area (Å²) in [6, 6.07) is 13.9. The van der Waals surface area contributed by atoms with Crippen LogP contribution in [-0.2, 0) is 11.2 Å². The van der Waals surface area contributed by atoms with Crippen molar-refractivity contribution in [3.8, 4) is 17.2 Å². The van der Waals surface area contributed by atoms with Gasteiger partial charge in [0.2, 0.25) is 12.7 Å². The van der Waals surface area contributed by atoms with Crippen LogP contribution in [0.4, 0.5) is 0 Å². The summed E-state index contributed by atoms with van der Waals surface area (Å²) in [7, 11) is 0. The summed E-state index contributed by atoms with van der Waals surface area (Å²) >= 11 is 1.37. The summed E-state index contributed by atoms with van der Waals surface area (Å²) in [4.78, 5) is 24.2. The van der Waals surface area contributed by atoms with E-state index in [1.807, 2.05) is 34.9 Å². The number of hydrogen-bond acceptors (Lipinski definition) is 7. The molecule has 3 aromatic rings. The van der Waals surface area contributed by atoms with Crippen molar-refractivity contribution in [3.63, 3.8) is 0 Å². The number of nitrogens with one attached hydrogen (secondary N) is 1.